The second-order valence-corrected chi connectivity index (χ2v) is 13.2. The SMILES string of the molecule is CC(C)CCC[C@@H](C)[C@H]1CC[C@H]2[C@@H]3CC(=N)[C@H]4C[C@@H](Cl)CC[C@]4(C)[C@H]3CC[C@]12C. The Morgan fingerprint density at radius 1 is 0.966 bits per heavy atom. The Morgan fingerprint density at radius 3 is 2.38 bits per heavy atom. The van der Waals surface area contributed by atoms with Crippen molar-refractivity contribution in [1.29, 1.82) is 5.41 Å². The number of fused-ring (bicyclic) bond motifs is 5. The van der Waals surface area contributed by atoms with Crippen LogP contribution in [0, 0.1) is 57.7 Å². The van der Waals surface area contributed by atoms with Crippen molar-refractivity contribution in [2.24, 2.45) is 52.3 Å². The standard InChI is InChI=1S/C27H46ClN/c1-17(2)7-6-8-18(3)21-9-10-22-20-16-25(29)24-15-19(28)11-13-27(24,5)23(20)12-14-26(21,22)4/h17-24,29H,6-16H2,1-5H3/t18-,19+,20+,21-,22+,23+,24-,26-,27-/m1/s1. The molecular formula is C27H46ClN. The number of hydrogen-bond acceptors (Lipinski definition) is 1. The Labute approximate surface area is 185 Å². The van der Waals surface area contributed by atoms with E-state index < -0.39 is 0 Å². The largest absolute Gasteiger partial charge is 0.309 e. The van der Waals surface area contributed by atoms with E-state index >= 15 is 0 Å². The summed E-state index contributed by atoms with van der Waals surface area (Å²) in [4.78, 5) is 0. The Bertz CT molecular complexity index is 614. The highest BCUT2D eigenvalue weighted by Gasteiger charge is 2.61. The molecular weight excluding hydrogens is 374 g/mol. The first-order chi connectivity index (χ1) is 13.7. The number of alkyl halides is 1. The molecule has 0 radical (unpaired) electrons. The van der Waals surface area contributed by atoms with Crippen LogP contribution in [-0.4, -0.2) is 11.1 Å². The molecule has 0 aromatic carbocycles. The molecule has 4 aliphatic rings. The quantitative estimate of drug-likeness (QED) is 0.433. The van der Waals surface area contributed by atoms with Crippen LogP contribution in [0.1, 0.15) is 105 Å². The fourth-order valence-corrected chi connectivity index (χ4v) is 9.37. The van der Waals surface area contributed by atoms with E-state index in [9.17, 15) is 0 Å². The van der Waals surface area contributed by atoms with Gasteiger partial charge in [0.2, 0.25) is 0 Å². The van der Waals surface area contributed by atoms with Crippen LogP contribution in [0.2, 0.25) is 0 Å². The molecule has 2 heteroatoms. The summed E-state index contributed by atoms with van der Waals surface area (Å²) in [6, 6.07) is 0. The lowest BCUT2D eigenvalue weighted by molar-refractivity contribution is -0.0795. The minimum atomic E-state index is 0.307. The van der Waals surface area contributed by atoms with Crippen molar-refractivity contribution in [2.45, 2.75) is 111 Å². The molecule has 0 spiro atoms. The van der Waals surface area contributed by atoms with Crippen LogP contribution in [0.25, 0.3) is 0 Å². The molecule has 4 rings (SSSR count). The van der Waals surface area contributed by atoms with Crippen LogP contribution in [0.3, 0.4) is 0 Å². The maximum atomic E-state index is 8.97. The van der Waals surface area contributed by atoms with E-state index in [1.54, 1.807) is 0 Å². The van der Waals surface area contributed by atoms with Crippen LogP contribution in [0.4, 0.5) is 0 Å². The van der Waals surface area contributed by atoms with Gasteiger partial charge in [0.15, 0.2) is 0 Å². The molecule has 0 heterocycles. The molecule has 1 nitrogen and oxygen atoms in total. The maximum Gasteiger partial charge on any atom is 0.0342 e. The summed E-state index contributed by atoms with van der Waals surface area (Å²) in [5.41, 5.74) is 1.95. The third kappa shape index (κ3) is 3.74. The topological polar surface area (TPSA) is 23.9 Å². The molecule has 4 fully saturated rings. The van der Waals surface area contributed by atoms with Gasteiger partial charge in [-0.25, -0.2) is 0 Å². The zero-order valence-corrected chi connectivity index (χ0v) is 20.5. The second kappa shape index (κ2) is 8.14. The van der Waals surface area contributed by atoms with E-state index in [1.807, 2.05) is 0 Å². The van der Waals surface area contributed by atoms with Crippen molar-refractivity contribution in [2.75, 3.05) is 0 Å². The first kappa shape index (κ1) is 22.2. The predicted molar refractivity (Wildman–Crippen MR) is 126 cm³/mol. The molecule has 29 heavy (non-hydrogen) atoms. The molecule has 0 saturated heterocycles. The van der Waals surface area contributed by atoms with Crippen molar-refractivity contribution in [1.82, 2.24) is 0 Å². The maximum absolute atomic E-state index is 8.97. The minimum Gasteiger partial charge on any atom is -0.309 e. The zero-order chi connectivity index (χ0) is 21.0. The monoisotopic (exact) mass is 419 g/mol. The van der Waals surface area contributed by atoms with Crippen molar-refractivity contribution < 1.29 is 0 Å². The third-order valence-electron chi connectivity index (χ3n) is 10.6. The van der Waals surface area contributed by atoms with Gasteiger partial charge in [-0.1, -0.05) is 53.9 Å². The molecule has 0 amide bonds. The molecule has 0 unspecified atom stereocenters. The molecule has 166 valence electrons. The molecule has 0 bridgehead atoms. The molecule has 0 aliphatic heterocycles. The highest BCUT2D eigenvalue weighted by atomic mass is 35.5. The first-order valence-corrected chi connectivity index (χ1v) is 13.3. The fraction of sp³-hybridized carbons (Fsp3) is 0.963. The van der Waals surface area contributed by atoms with E-state index in [2.05, 4.69) is 34.6 Å². The first-order valence-electron chi connectivity index (χ1n) is 12.9. The van der Waals surface area contributed by atoms with E-state index in [0.717, 1.165) is 54.1 Å². The van der Waals surface area contributed by atoms with Crippen LogP contribution >= 0.6 is 11.6 Å². The third-order valence-corrected chi connectivity index (χ3v) is 11.0. The average molecular weight is 420 g/mol. The number of rotatable bonds is 5. The van der Waals surface area contributed by atoms with Gasteiger partial charge < -0.3 is 5.41 Å². The molecule has 9 atom stereocenters. The van der Waals surface area contributed by atoms with E-state index in [1.165, 1.54) is 57.8 Å². The fourth-order valence-electron chi connectivity index (χ4n) is 9.08. The van der Waals surface area contributed by atoms with E-state index in [0.29, 0.717) is 22.1 Å². The van der Waals surface area contributed by atoms with Crippen LogP contribution in [0.5, 0.6) is 0 Å². The van der Waals surface area contributed by atoms with Crippen LogP contribution in [-0.2, 0) is 0 Å². The Balaban J connectivity index is 1.50. The van der Waals surface area contributed by atoms with Gasteiger partial charge in [0.25, 0.3) is 0 Å². The summed E-state index contributed by atoms with van der Waals surface area (Å²) in [7, 11) is 0. The lowest BCUT2D eigenvalue weighted by atomic mass is 9.44. The van der Waals surface area contributed by atoms with Crippen molar-refractivity contribution in [3.63, 3.8) is 0 Å². The normalized spacial score (nSPS) is 48.2. The van der Waals surface area contributed by atoms with E-state index in [-0.39, 0.29) is 0 Å². The number of halogens is 1. The van der Waals surface area contributed by atoms with Crippen molar-refractivity contribution in [3.05, 3.63) is 0 Å². The summed E-state index contributed by atoms with van der Waals surface area (Å²) < 4.78 is 0. The molecule has 1 N–H and O–H groups in total. The van der Waals surface area contributed by atoms with Gasteiger partial charge in [-0.05, 0) is 97.7 Å². The highest BCUT2D eigenvalue weighted by Crippen LogP contribution is 2.68. The van der Waals surface area contributed by atoms with Gasteiger partial charge in [-0.2, -0.15) is 0 Å². The second-order valence-electron chi connectivity index (χ2n) is 12.6. The number of nitrogens with one attached hydrogen (secondary N) is 1. The van der Waals surface area contributed by atoms with Gasteiger partial charge in [-0.3, -0.25) is 0 Å². The lowest BCUT2D eigenvalue weighted by Gasteiger charge is -2.61. The summed E-state index contributed by atoms with van der Waals surface area (Å²) >= 11 is 6.57. The molecule has 0 aromatic heterocycles. The zero-order valence-electron chi connectivity index (χ0n) is 19.8. The highest BCUT2D eigenvalue weighted by molar-refractivity contribution is 6.20. The lowest BCUT2D eigenvalue weighted by Crippen LogP contribution is -2.56. The Morgan fingerprint density at radius 2 is 1.66 bits per heavy atom. The average Bonchev–Trinajstić information content (AvgIpc) is 3.00. The van der Waals surface area contributed by atoms with Crippen molar-refractivity contribution >= 4 is 17.3 Å². The predicted octanol–water partition coefficient (Wildman–Crippen LogP) is 8.34. The van der Waals surface area contributed by atoms with Gasteiger partial charge >= 0.3 is 0 Å². The van der Waals surface area contributed by atoms with Gasteiger partial charge in [-0.15, -0.1) is 11.6 Å². The molecule has 4 aliphatic carbocycles. The summed E-state index contributed by atoms with van der Waals surface area (Å²) in [5.74, 6) is 5.59. The molecule has 0 aromatic rings. The Hall–Kier alpha value is -0.0400. The van der Waals surface area contributed by atoms with Crippen LogP contribution < -0.4 is 0 Å². The summed E-state index contributed by atoms with van der Waals surface area (Å²) in [5, 5.41) is 9.28. The van der Waals surface area contributed by atoms with Crippen molar-refractivity contribution in [3.8, 4) is 0 Å². The van der Waals surface area contributed by atoms with Gasteiger partial charge in [0, 0.05) is 17.0 Å². The minimum absolute atomic E-state index is 0.307. The van der Waals surface area contributed by atoms with E-state index in [4.69, 9.17) is 17.0 Å². The van der Waals surface area contributed by atoms with Gasteiger partial charge in [0.1, 0.15) is 0 Å². The Kier molecular flexibility index (Phi) is 6.22. The summed E-state index contributed by atoms with van der Waals surface area (Å²) in [6.07, 6.45) is 14.5. The van der Waals surface area contributed by atoms with Crippen LogP contribution in [0.15, 0.2) is 0 Å². The van der Waals surface area contributed by atoms with Gasteiger partial charge in [0.05, 0.1) is 0 Å². The molecule has 4 saturated carbocycles. The number of hydrogen-bond donors (Lipinski definition) is 1. The summed E-state index contributed by atoms with van der Waals surface area (Å²) in [6.45, 7) is 12.5. The smallest absolute Gasteiger partial charge is 0.0342 e.